The van der Waals surface area contributed by atoms with E-state index in [0.717, 1.165) is 61.6 Å². The Morgan fingerprint density at radius 2 is 0.586 bits per heavy atom. The van der Waals surface area contributed by atoms with Gasteiger partial charge in [-0.05, 0) is 104 Å². The summed E-state index contributed by atoms with van der Waals surface area (Å²) >= 11 is 0. The zero-order valence-corrected chi connectivity index (χ0v) is 31.9. The van der Waals surface area contributed by atoms with Crippen molar-refractivity contribution in [2.75, 3.05) is 4.90 Å². The third kappa shape index (κ3) is 6.89. The highest BCUT2D eigenvalue weighted by Crippen LogP contribution is 2.40. The van der Waals surface area contributed by atoms with Gasteiger partial charge >= 0.3 is 0 Å². The molecular formula is C56H39NO. The van der Waals surface area contributed by atoms with Gasteiger partial charge in [0.2, 0.25) is 0 Å². The lowest BCUT2D eigenvalue weighted by molar-refractivity contribution is 0.632. The number of hydrogen-bond acceptors (Lipinski definition) is 2. The molecule has 0 amide bonds. The molecule has 58 heavy (non-hydrogen) atoms. The highest BCUT2D eigenvalue weighted by molar-refractivity contribution is 5.89. The summed E-state index contributed by atoms with van der Waals surface area (Å²) in [5.74, 6) is 0.877. The lowest BCUT2D eigenvalue weighted by Crippen LogP contribution is -2.09. The number of furan rings is 1. The number of anilines is 3. The van der Waals surface area contributed by atoms with Crippen molar-refractivity contribution in [3.05, 3.63) is 237 Å². The van der Waals surface area contributed by atoms with Crippen LogP contribution in [0.2, 0.25) is 0 Å². The average Bonchev–Trinajstić information content (AvgIpc) is 3.75. The third-order valence-corrected chi connectivity index (χ3v) is 11.0. The molecule has 0 N–H and O–H groups in total. The van der Waals surface area contributed by atoms with E-state index in [0.29, 0.717) is 0 Å². The number of fused-ring (bicyclic) bond motifs is 1. The highest BCUT2D eigenvalue weighted by atomic mass is 16.3. The van der Waals surface area contributed by atoms with Crippen LogP contribution in [-0.4, -0.2) is 0 Å². The maximum Gasteiger partial charge on any atom is 0.136 e. The summed E-state index contributed by atoms with van der Waals surface area (Å²) in [5, 5.41) is 1.11. The molecule has 0 saturated carbocycles. The summed E-state index contributed by atoms with van der Waals surface area (Å²) < 4.78 is 6.27. The number of para-hydroxylation sites is 1. The van der Waals surface area contributed by atoms with Gasteiger partial charge in [0.05, 0.1) is 0 Å². The van der Waals surface area contributed by atoms with Crippen LogP contribution in [0.25, 0.3) is 77.9 Å². The summed E-state index contributed by atoms with van der Waals surface area (Å²) in [6, 6.07) is 84.1. The minimum Gasteiger partial charge on any atom is -0.456 e. The lowest BCUT2D eigenvalue weighted by atomic mass is 9.94. The molecule has 0 aliphatic carbocycles. The molecule has 10 rings (SSSR count). The Balaban J connectivity index is 0.968. The molecule has 0 atom stereocenters. The molecule has 0 bridgehead atoms. The smallest absolute Gasteiger partial charge is 0.136 e. The standard InChI is InChI=1S/C56H39NO/c1-3-13-40(14-4-1)42-27-33-48(34-28-42)57(50-37-31-46(32-38-50)52-19-9-8-18-51(52)44-15-5-2-6-16-44)49-35-29-43(30-36-49)41-23-25-45(26-24-41)53-20-10-11-21-54(53)56-39-47-17-7-12-22-55(47)58-56/h1-39H. The second kappa shape index (κ2) is 15.5. The van der Waals surface area contributed by atoms with E-state index in [4.69, 9.17) is 4.42 Å². The molecule has 0 fully saturated rings. The van der Waals surface area contributed by atoms with Crippen LogP contribution in [0, 0.1) is 0 Å². The molecular weight excluding hydrogens is 703 g/mol. The Morgan fingerprint density at radius 3 is 1.09 bits per heavy atom. The monoisotopic (exact) mass is 741 g/mol. The van der Waals surface area contributed by atoms with Crippen LogP contribution in [0.3, 0.4) is 0 Å². The summed E-state index contributed by atoms with van der Waals surface area (Å²) in [4.78, 5) is 2.34. The Bertz CT molecular complexity index is 2910. The van der Waals surface area contributed by atoms with Gasteiger partial charge in [-0.15, -0.1) is 0 Å². The van der Waals surface area contributed by atoms with E-state index in [9.17, 15) is 0 Å². The zero-order chi connectivity index (χ0) is 38.7. The third-order valence-electron chi connectivity index (χ3n) is 11.0. The largest absolute Gasteiger partial charge is 0.456 e. The van der Waals surface area contributed by atoms with Gasteiger partial charge in [-0.3, -0.25) is 0 Å². The van der Waals surface area contributed by atoms with Crippen LogP contribution in [-0.2, 0) is 0 Å². The maximum atomic E-state index is 6.27. The number of rotatable bonds is 9. The first-order valence-electron chi connectivity index (χ1n) is 19.7. The summed E-state index contributed by atoms with van der Waals surface area (Å²) in [7, 11) is 0. The second-order valence-electron chi connectivity index (χ2n) is 14.5. The molecule has 0 saturated heterocycles. The van der Waals surface area contributed by atoms with Crippen molar-refractivity contribution in [3.63, 3.8) is 0 Å². The first-order chi connectivity index (χ1) is 28.7. The predicted octanol–water partition coefficient (Wildman–Crippen LogP) is 15.9. The van der Waals surface area contributed by atoms with Crippen LogP contribution in [0.1, 0.15) is 0 Å². The maximum absolute atomic E-state index is 6.27. The van der Waals surface area contributed by atoms with Gasteiger partial charge in [0.15, 0.2) is 0 Å². The van der Waals surface area contributed by atoms with Crippen LogP contribution in [0.4, 0.5) is 17.1 Å². The highest BCUT2D eigenvalue weighted by Gasteiger charge is 2.16. The molecule has 1 heterocycles. The van der Waals surface area contributed by atoms with Gasteiger partial charge in [-0.2, -0.15) is 0 Å². The summed E-state index contributed by atoms with van der Waals surface area (Å²) in [5.41, 5.74) is 17.1. The van der Waals surface area contributed by atoms with Gasteiger partial charge in [0.25, 0.3) is 0 Å². The van der Waals surface area contributed by atoms with Gasteiger partial charge in [-0.25, -0.2) is 0 Å². The normalized spacial score (nSPS) is 11.1. The van der Waals surface area contributed by atoms with E-state index in [1.807, 2.05) is 18.2 Å². The number of benzene rings is 9. The Labute approximate surface area is 339 Å². The fourth-order valence-corrected chi connectivity index (χ4v) is 7.98. The van der Waals surface area contributed by atoms with Gasteiger partial charge in [0, 0.05) is 28.0 Å². The van der Waals surface area contributed by atoms with Crippen molar-refractivity contribution in [2.45, 2.75) is 0 Å². The fourth-order valence-electron chi connectivity index (χ4n) is 7.98. The summed E-state index contributed by atoms with van der Waals surface area (Å²) in [6.07, 6.45) is 0. The number of hydrogen-bond donors (Lipinski definition) is 0. The molecule has 274 valence electrons. The molecule has 1 aromatic heterocycles. The Hall–Kier alpha value is -7.68. The molecule has 9 aromatic carbocycles. The van der Waals surface area contributed by atoms with Crippen molar-refractivity contribution in [3.8, 4) is 67.0 Å². The van der Waals surface area contributed by atoms with E-state index >= 15 is 0 Å². The van der Waals surface area contributed by atoms with Gasteiger partial charge in [0.1, 0.15) is 11.3 Å². The van der Waals surface area contributed by atoms with Crippen LogP contribution < -0.4 is 4.90 Å². The van der Waals surface area contributed by atoms with Gasteiger partial charge < -0.3 is 9.32 Å². The van der Waals surface area contributed by atoms with Crippen molar-refractivity contribution in [2.24, 2.45) is 0 Å². The minimum absolute atomic E-state index is 0.877. The second-order valence-corrected chi connectivity index (χ2v) is 14.5. The van der Waals surface area contributed by atoms with E-state index in [2.05, 4.69) is 223 Å². The first-order valence-corrected chi connectivity index (χ1v) is 19.7. The van der Waals surface area contributed by atoms with Gasteiger partial charge in [-0.1, -0.05) is 188 Å². The predicted molar refractivity (Wildman–Crippen MR) is 244 cm³/mol. The van der Waals surface area contributed by atoms with E-state index in [1.165, 1.54) is 33.4 Å². The average molecular weight is 742 g/mol. The molecule has 2 heteroatoms. The van der Waals surface area contributed by atoms with Crippen molar-refractivity contribution in [1.29, 1.82) is 0 Å². The Morgan fingerprint density at radius 1 is 0.259 bits per heavy atom. The van der Waals surface area contributed by atoms with E-state index < -0.39 is 0 Å². The molecule has 2 nitrogen and oxygen atoms in total. The lowest BCUT2D eigenvalue weighted by Gasteiger charge is -2.26. The molecule has 0 radical (unpaired) electrons. The molecule has 0 spiro atoms. The van der Waals surface area contributed by atoms with E-state index in [1.54, 1.807) is 0 Å². The SMILES string of the molecule is c1ccc(-c2ccc(N(c3ccc(-c4ccc(-c5ccccc5-c5cc6ccccc6o5)cc4)cc3)c3ccc(-c4ccccc4-c4ccccc4)cc3)cc2)cc1. The molecule has 10 aromatic rings. The minimum atomic E-state index is 0.877. The quantitative estimate of drug-likeness (QED) is 0.146. The Kier molecular flexibility index (Phi) is 9.27. The molecule has 0 aliphatic heterocycles. The first kappa shape index (κ1) is 34.8. The topological polar surface area (TPSA) is 16.4 Å². The number of nitrogens with zero attached hydrogens (tertiary/aromatic N) is 1. The molecule has 0 unspecified atom stereocenters. The fraction of sp³-hybridized carbons (Fsp3) is 0. The van der Waals surface area contributed by atoms with Crippen molar-refractivity contribution < 1.29 is 4.42 Å². The zero-order valence-electron chi connectivity index (χ0n) is 31.9. The van der Waals surface area contributed by atoms with Crippen molar-refractivity contribution >= 4 is 28.0 Å². The van der Waals surface area contributed by atoms with E-state index in [-0.39, 0.29) is 0 Å². The molecule has 0 aliphatic rings. The van der Waals surface area contributed by atoms with Crippen LogP contribution in [0.15, 0.2) is 241 Å². The van der Waals surface area contributed by atoms with Crippen LogP contribution in [0.5, 0.6) is 0 Å². The van der Waals surface area contributed by atoms with Crippen LogP contribution >= 0.6 is 0 Å². The summed E-state index contributed by atoms with van der Waals surface area (Å²) in [6.45, 7) is 0. The van der Waals surface area contributed by atoms with Crippen molar-refractivity contribution in [1.82, 2.24) is 0 Å².